The largest absolute Gasteiger partial charge is 0.264 e. The van der Waals surface area contributed by atoms with Crippen LogP contribution in [0.1, 0.15) is 26.2 Å². The van der Waals surface area contributed by atoms with Gasteiger partial charge in [-0.05, 0) is 18.6 Å². The van der Waals surface area contributed by atoms with Crippen molar-refractivity contribution in [3.63, 3.8) is 0 Å². The lowest BCUT2D eigenvalue weighted by Gasteiger charge is -1.95. The van der Waals surface area contributed by atoms with Gasteiger partial charge in [0.15, 0.2) is 4.34 Å². The third-order valence-corrected chi connectivity index (χ3v) is 5.10. The van der Waals surface area contributed by atoms with Crippen LogP contribution in [0, 0.1) is 0 Å². The molecule has 0 bridgehead atoms. The van der Waals surface area contributed by atoms with Crippen molar-refractivity contribution < 1.29 is 0 Å². The molecule has 0 aliphatic heterocycles. The van der Waals surface area contributed by atoms with E-state index in [2.05, 4.69) is 22.0 Å². The molecule has 0 N–H and O–H groups in total. The van der Waals surface area contributed by atoms with Crippen LogP contribution in [-0.4, -0.2) is 25.3 Å². The zero-order valence-electron chi connectivity index (χ0n) is 11.3. The van der Waals surface area contributed by atoms with E-state index < -0.39 is 0 Å². The van der Waals surface area contributed by atoms with Crippen molar-refractivity contribution in [2.45, 2.75) is 30.5 Å². The summed E-state index contributed by atoms with van der Waals surface area (Å²) in [6.07, 6.45) is 9.37. The zero-order chi connectivity index (χ0) is 13.8. The summed E-state index contributed by atoms with van der Waals surface area (Å²) < 4.78 is 2.97. The molecule has 0 unspecified atom stereocenters. The van der Waals surface area contributed by atoms with Crippen LogP contribution in [0.15, 0.2) is 35.1 Å². The van der Waals surface area contributed by atoms with E-state index in [0.717, 1.165) is 26.3 Å². The molecule has 104 valence electrons. The lowest BCUT2D eigenvalue weighted by molar-refractivity contribution is 0.778. The molecule has 4 nitrogen and oxygen atoms in total. The molecule has 3 heterocycles. The summed E-state index contributed by atoms with van der Waals surface area (Å²) in [6, 6.07) is 3.94. The average Bonchev–Trinajstić information content (AvgIpc) is 3.03. The van der Waals surface area contributed by atoms with E-state index in [0.29, 0.717) is 0 Å². The fourth-order valence-electron chi connectivity index (χ4n) is 1.91. The first-order valence-corrected chi connectivity index (χ1v) is 8.56. The average molecular weight is 304 g/mol. The van der Waals surface area contributed by atoms with Crippen LogP contribution in [0.25, 0.3) is 16.2 Å². The highest BCUT2D eigenvalue weighted by Gasteiger charge is 2.09. The molecule has 3 aromatic rings. The van der Waals surface area contributed by atoms with Crippen LogP contribution in [0.4, 0.5) is 0 Å². The standard InChI is InChI=1S/C14H16N4S2/c1-2-3-4-8-19-14-17-18-10-12(16-13(18)20-14)11-6-5-7-15-9-11/h5-7,9-10H,2-4,8H2,1H3. The molecule has 0 spiro atoms. The Morgan fingerprint density at radius 2 is 2.30 bits per heavy atom. The van der Waals surface area contributed by atoms with E-state index in [4.69, 9.17) is 0 Å². The van der Waals surface area contributed by atoms with Gasteiger partial charge in [0, 0.05) is 23.7 Å². The van der Waals surface area contributed by atoms with Crippen molar-refractivity contribution in [2.75, 3.05) is 5.75 Å². The molecule has 0 atom stereocenters. The molecule has 3 rings (SSSR count). The summed E-state index contributed by atoms with van der Waals surface area (Å²) in [4.78, 5) is 9.68. The number of aromatic nitrogens is 4. The summed E-state index contributed by atoms with van der Waals surface area (Å²) in [5, 5.41) is 4.57. The molecule has 0 aliphatic carbocycles. The Hall–Kier alpha value is -1.40. The monoisotopic (exact) mass is 304 g/mol. The number of rotatable bonds is 6. The fraction of sp³-hybridized carbons (Fsp3) is 0.357. The van der Waals surface area contributed by atoms with E-state index in [-0.39, 0.29) is 0 Å². The van der Waals surface area contributed by atoms with Crippen LogP contribution in [-0.2, 0) is 0 Å². The van der Waals surface area contributed by atoms with Gasteiger partial charge in [-0.25, -0.2) is 9.50 Å². The molecular weight excluding hydrogens is 288 g/mol. The molecule has 0 saturated carbocycles. The van der Waals surface area contributed by atoms with Crippen molar-refractivity contribution >= 4 is 28.1 Å². The predicted molar refractivity (Wildman–Crippen MR) is 84.3 cm³/mol. The lowest BCUT2D eigenvalue weighted by atomic mass is 10.2. The first-order valence-electron chi connectivity index (χ1n) is 6.76. The quantitative estimate of drug-likeness (QED) is 0.507. The van der Waals surface area contributed by atoms with Gasteiger partial charge in [-0.2, -0.15) is 0 Å². The number of pyridine rings is 1. The number of fused-ring (bicyclic) bond motifs is 1. The second-order valence-electron chi connectivity index (χ2n) is 4.52. The van der Waals surface area contributed by atoms with Crippen molar-refractivity contribution in [3.8, 4) is 11.3 Å². The topological polar surface area (TPSA) is 43.1 Å². The van der Waals surface area contributed by atoms with Crippen molar-refractivity contribution in [1.82, 2.24) is 19.6 Å². The third-order valence-electron chi connectivity index (χ3n) is 2.96. The van der Waals surface area contributed by atoms with Crippen molar-refractivity contribution in [1.29, 1.82) is 0 Å². The van der Waals surface area contributed by atoms with Crippen molar-refractivity contribution in [2.24, 2.45) is 0 Å². The molecule has 3 aromatic heterocycles. The molecule has 6 heteroatoms. The van der Waals surface area contributed by atoms with Gasteiger partial charge < -0.3 is 0 Å². The summed E-state index contributed by atoms with van der Waals surface area (Å²) in [5.74, 6) is 1.14. The molecule has 0 amide bonds. The summed E-state index contributed by atoms with van der Waals surface area (Å²) in [7, 11) is 0. The van der Waals surface area contributed by atoms with Gasteiger partial charge in [0.25, 0.3) is 0 Å². The number of hydrogen-bond acceptors (Lipinski definition) is 5. The SMILES string of the molecule is CCCCCSc1nn2cc(-c3cccnc3)nc2s1. The highest BCUT2D eigenvalue weighted by molar-refractivity contribution is 8.01. The van der Waals surface area contributed by atoms with Crippen LogP contribution >= 0.6 is 23.1 Å². The molecule has 0 aliphatic rings. The Morgan fingerprint density at radius 1 is 1.35 bits per heavy atom. The number of unbranched alkanes of at least 4 members (excludes halogenated alkanes) is 2. The third kappa shape index (κ3) is 3.02. The molecule has 0 fully saturated rings. The number of nitrogens with zero attached hydrogens (tertiary/aromatic N) is 4. The Morgan fingerprint density at radius 3 is 3.05 bits per heavy atom. The molecule has 0 aromatic carbocycles. The first kappa shape index (κ1) is 13.6. The number of imidazole rings is 1. The number of thioether (sulfide) groups is 1. The van der Waals surface area contributed by atoms with Gasteiger partial charge in [-0.15, -0.1) is 5.10 Å². The molecular formula is C14H16N4S2. The van der Waals surface area contributed by atoms with Gasteiger partial charge >= 0.3 is 0 Å². The summed E-state index contributed by atoms with van der Waals surface area (Å²) in [5.41, 5.74) is 1.96. The Bertz CT molecular complexity index is 643. The zero-order valence-corrected chi connectivity index (χ0v) is 13.0. The van der Waals surface area contributed by atoms with Gasteiger partial charge in [0.1, 0.15) is 0 Å². The number of hydrogen-bond donors (Lipinski definition) is 0. The van der Waals surface area contributed by atoms with Gasteiger partial charge in [0.05, 0.1) is 11.9 Å². The van der Waals surface area contributed by atoms with Gasteiger partial charge in [-0.1, -0.05) is 42.9 Å². The minimum absolute atomic E-state index is 0.930. The summed E-state index contributed by atoms with van der Waals surface area (Å²) >= 11 is 3.48. The maximum atomic E-state index is 4.61. The smallest absolute Gasteiger partial charge is 0.213 e. The predicted octanol–water partition coefficient (Wildman–Crippen LogP) is 4.14. The van der Waals surface area contributed by atoms with E-state index in [9.17, 15) is 0 Å². The van der Waals surface area contributed by atoms with E-state index in [1.165, 1.54) is 19.3 Å². The van der Waals surface area contributed by atoms with Gasteiger partial charge in [0.2, 0.25) is 4.96 Å². The van der Waals surface area contributed by atoms with E-state index in [1.807, 2.05) is 40.8 Å². The molecule has 20 heavy (non-hydrogen) atoms. The first-order chi connectivity index (χ1) is 9.86. The Kier molecular flexibility index (Phi) is 4.32. The highest BCUT2D eigenvalue weighted by atomic mass is 32.2. The Labute approximate surface area is 126 Å². The second kappa shape index (κ2) is 6.37. The highest BCUT2D eigenvalue weighted by Crippen LogP contribution is 2.27. The fourth-order valence-corrected chi connectivity index (χ4v) is 3.90. The normalized spacial score (nSPS) is 11.2. The second-order valence-corrected chi connectivity index (χ2v) is 6.82. The van der Waals surface area contributed by atoms with Crippen molar-refractivity contribution in [3.05, 3.63) is 30.7 Å². The molecule has 0 saturated heterocycles. The Balaban J connectivity index is 1.73. The minimum atomic E-state index is 0.930. The minimum Gasteiger partial charge on any atom is -0.264 e. The maximum absolute atomic E-state index is 4.61. The van der Waals surface area contributed by atoms with Crippen LogP contribution in [0.5, 0.6) is 0 Å². The molecule has 0 radical (unpaired) electrons. The van der Waals surface area contributed by atoms with Crippen LogP contribution < -0.4 is 0 Å². The summed E-state index contributed by atoms with van der Waals surface area (Å²) in [6.45, 7) is 2.22. The van der Waals surface area contributed by atoms with Gasteiger partial charge in [-0.3, -0.25) is 4.98 Å². The van der Waals surface area contributed by atoms with E-state index in [1.54, 1.807) is 17.5 Å². The van der Waals surface area contributed by atoms with E-state index >= 15 is 0 Å². The van der Waals surface area contributed by atoms with Crippen LogP contribution in [0.2, 0.25) is 0 Å². The maximum Gasteiger partial charge on any atom is 0.213 e. The lowest BCUT2D eigenvalue weighted by Crippen LogP contribution is -1.83. The van der Waals surface area contributed by atoms with Crippen LogP contribution in [0.3, 0.4) is 0 Å².